The SMILES string of the molecule is CSc1ccc(-c2nc(CC(C)C)c(Br)c(=O)[nH]2)cc1. The van der Waals surface area contributed by atoms with E-state index < -0.39 is 0 Å². The number of rotatable bonds is 4. The molecule has 0 fully saturated rings. The van der Waals surface area contributed by atoms with Gasteiger partial charge >= 0.3 is 0 Å². The van der Waals surface area contributed by atoms with E-state index in [2.05, 4.69) is 39.7 Å². The van der Waals surface area contributed by atoms with Crippen LogP contribution in [-0.4, -0.2) is 16.2 Å². The third-order valence-corrected chi connectivity index (χ3v) is 4.46. The summed E-state index contributed by atoms with van der Waals surface area (Å²) in [7, 11) is 0. The van der Waals surface area contributed by atoms with Gasteiger partial charge in [0.25, 0.3) is 5.56 Å². The maximum absolute atomic E-state index is 12.0. The van der Waals surface area contributed by atoms with Crippen molar-refractivity contribution in [3.8, 4) is 11.4 Å². The molecule has 0 saturated carbocycles. The van der Waals surface area contributed by atoms with Crippen LogP contribution in [0.25, 0.3) is 11.4 Å². The summed E-state index contributed by atoms with van der Waals surface area (Å²) in [6, 6.07) is 8.03. The molecule has 1 aromatic heterocycles. The molecule has 0 bridgehead atoms. The lowest BCUT2D eigenvalue weighted by molar-refractivity contribution is 0.631. The van der Waals surface area contributed by atoms with Gasteiger partial charge < -0.3 is 4.98 Å². The number of H-pyrrole nitrogens is 1. The Labute approximate surface area is 131 Å². The first kappa shape index (κ1) is 15.3. The fourth-order valence-corrected chi connectivity index (χ4v) is 2.67. The molecule has 0 aliphatic carbocycles. The zero-order chi connectivity index (χ0) is 14.7. The summed E-state index contributed by atoms with van der Waals surface area (Å²) in [6.07, 6.45) is 2.82. The van der Waals surface area contributed by atoms with Crippen molar-refractivity contribution in [2.24, 2.45) is 5.92 Å². The van der Waals surface area contributed by atoms with Crippen LogP contribution < -0.4 is 5.56 Å². The molecule has 2 aromatic rings. The second kappa shape index (κ2) is 6.59. The fourth-order valence-electron chi connectivity index (χ4n) is 1.91. The molecule has 106 valence electrons. The second-order valence-electron chi connectivity index (χ2n) is 5.00. The Morgan fingerprint density at radius 2 is 1.95 bits per heavy atom. The van der Waals surface area contributed by atoms with E-state index >= 15 is 0 Å². The standard InChI is InChI=1S/C15H17BrN2OS/c1-9(2)8-12-13(16)15(19)18-14(17-12)10-4-6-11(20-3)7-5-10/h4-7,9H,8H2,1-3H3,(H,17,18,19). The number of nitrogens with zero attached hydrogens (tertiary/aromatic N) is 1. The van der Waals surface area contributed by atoms with Crippen LogP contribution in [-0.2, 0) is 6.42 Å². The molecular formula is C15H17BrN2OS. The van der Waals surface area contributed by atoms with Crippen LogP contribution in [0.15, 0.2) is 38.4 Å². The van der Waals surface area contributed by atoms with Crippen LogP contribution >= 0.6 is 27.7 Å². The van der Waals surface area contributed by atoms with Gasteiger partial charge in [0.15, 0.2) is 0 Å². The number of aromatic amines is 1. The van der Waals surface area contributed by atoms with Gasteiger partial charge in [-0.15, -0.1) is 11.8 Å². The average molecular weight is 353 g/mol. The number of nitrogens with one attached hydrogen (secondary N) is 1. The van der Waals surface area contributed by atoms with Crippen molar-refractivity contribution >= 4 is 27.7 Å². The van der Waals surface area contributed by atoms with E-state index in [1.807, 2.05) is 30.5 Å². The first-order valence-corrected chi connectivity index (χ1v) is 8.46. The molecule has 0 aliphatic heterocycles. The van der Waals surface area contributed by atoms with Crippen LogP contribution in [0.2, 0.25) is 0 Å². The predicted molar refractivity (Wildman–Crippen MR) is 88.3 cm³/mol. The zero-order valence-corrected chi connectivity index (χ0v) is 14.1. The number of thioether (sulfide) groups is 1. The van der Waals surface area contributed by atoms with Crippen molar-refractivity contribution in [1.82, 2.24) is 9.97 Å². The Bertz CT molecular complexity index is 650. The smallest absolute Gasteiger partial charge is 0.265 e. The first-order chi connectivity index (χ1) is 9.51. The highest BCUT2D eigenvalue weighted by molar-refractivity contribution is 9.10. The molecule has 0 saturated heterocycles. The van der Waals surface area contributed by atoms with Crippen LogP contribution in [0.3, 0.4) is 0 Å². The lowest BCUT2D eigenvalue weighted by Crippen LogP contribution is -2.14. The zero-order valence-electron chi connectivity index (χ0n) is 11.7. The van der Waals surface area contributed by atoms with Crippen molar-refractivity contribution in [3.05, 3.63) is 44.8 Å². The molecule has 3 nitrogen and oxygen atoms in total. The molecule has 1 heterocycles. The topological polar surface area (TPSA) is 45.8 Å². The second-order valence-corrected chi connectivity index (χ2v) is 6.67. The highest BCUT2D eigenvalue weighted by Crippen LogP contribution is 2.22. The molecule has 2 rings (SSSR count). The third kappa shape index (κ3) is 3.52. The van der Waals surface area contributed by atoms with E-state index in [4.69, 9.17) is 0 Å². The van der Waals surface area contributed by atoms with E-state index in [1.54, 1.807) is 11.8 Å². The van der Waals surface area contributed by atoms with Crippen LogP contribution in [0.1, 0.15) is 19.5 Å². The summed E-state index contributed by atoms with van der Waals surface area (Å²) in [5, 5.41) is 0. The fraction of sp³-hybridized carbons (Fsp3) is 0.333. The minimum absolute atomic E-state index is 0.125. The maximum atomic E-state index is 12.0. The van der Waals surface area contributed by atoms with E-state index in [-0.39, 0.29) is 5.56 Å². The van der Waals surface area contributed by atoms with Gasteiger partial charge in [-0.05, 0) is 46.7 Å². The summed E-state index contributed by atoms with van der Waals surface area (Å²) in [4.78, 5) is 20.6. The van der Waals surface area contributed by atoms with E-state index in [0.29, 0.717) is 16.2 Å². The van der Waals surface area contributed by atoms with Gasteiger partial charge in [-0.3, -0.25) is 4.79 Å². The van der Waals surface area contributed by atoms with Crippen molar-refractivity contribution in [3.63, 3.8) is 0 Å². The summed E-state index contributed by atoms with van der Waals surface area (Å²) in [5.74, 6) is 1.08. The molecule has 0 aliphatic rings. The minimum Gasteiger partial charge on any atom is -0.306 e. The van der Waals surface area contributed by atoms with Gasteiger partial charge in [-0.25, -0.2) is 4.98 Å². The number of halogens is 1. The monoisotopic (exact) mass is 352 g/mol. The first-order valence-electron chi connectivity index (χ1n) is 6.44. The van der Waals surface area contributed by atoms with Crippen LogP contribution in [0, 0.1) is 5.92 Å². The largest absolute Gasteiger partial charge is 0.306 e. The molecule has 5 heteroatoms. The summed E-state index contributed by atoms with van der Waals surface area (Å²) < 4.78 is 0.538. The number of hydrogen-bond acceptors (Lipinski definition) is 3. The summed E-state index contributed by atoms with van der Waals surface area (Å²) in [5.41, 5.74) is 1.62. The van der Waals surface area contributed by atoms with Crippen molar-refractivity contribution in [1.29, 1.82) is 0 Å². The Balaban J connectivity index is 2.45. The van der Waals surface area contributed by atoms with Crippen molar-refractivity contribution in [2.45, 2.75) is 25.2 Å². The quantitative estimate of drug-likeness (QED) is 0.841. The summed E-state index contributed by atoms with van der Waals surface area (Å²) in [6.45, 7) is 4.23. The minimum atomic E-state index is -0.125. The molecule has 20 heavy (non-hydrogen) atoms. The Kier molecular flexibility index (Phi) is 5.05. The molecule has 1 N–H and O–H groups in total. The summed E-state index contributed by atoms with van der Waals surface area (Å²) >= 11 is 5.02. The Morgan fingerprint density at radius 3 is 2.50 bits per heavy atom. The number of benzene rings is 1. The van der Waals surface area contributed by atoms with Crippen molar-refractivity contribution < 1.29 is 0 Å². The lowest BCUT2D eigenvalue weighted by atomic mass is 10.1. The van der Waals surface area contributed by atoms with Gasteiger partial charge in [0.1, 0.15) is 10.3 Å². The molecular weight excluding hydrogens is 336 g/mol. The van der Waals surface area contributed by atoms with Crippen LogP contribution in [0.4, 0.5) is 0 Å². The van der Waals surface area contributed by atoms with Crippen LogP contribution in [0.5, 0.6) is 0 Å². The number of hydrogen-bond donors (Lipinski definition) is 1. The molecule has 1 aromatic carbocycles. The molecule has 0 spiro atoms. The van der Waals surface area contributed by atoms with E-state index in [0.717, 1.165) is 17.7 Å². The number of aromatic nitrogens is 2. The molecule has 0 unspecified atom stereocenters. The van der Waals surface area contributed by atoms with E-state index in [1.165, 1.54) is 4.90 Å². The maximum Gasteiger partial charge on any atom is 0.265 e. The highest BCUT2D eigenvalue weighted by atomic mass is 79.9. The predicted octanol–water partition coefficient (Wildman–Crippen LogP) is 4.12. The Morgan fingerprint density at radius 1 is 1.30 bits per heavy atom. The van der Waals surface area contributed by atoms with Crippen molar-refractivity contribution in [2.75, 3.05) is 6.26 Å². The van der Waals surface area contributed by atoms with Gasteiger partial charge in [-0.2, -0.15) is 0 Å². The molecule has 0 radical (unpaired) electrons. The van der Waals surface area contributed by atoms with Gasteiger partial charge in [0.05, 0.1) is 5.69 Å². The Hall–Kier alpha value is -1.07. The molecule has 0 amide bonds. The van der Waals surface area contributed by atoms with Gasteiger partial charge in [0, 0.05) is 10.5 Å². The van der Waals surface area contributed by atoms with E-state index in [9.17, 15) is 4.79 Å². The molecule has 0 atom stereocenters. The highest BCUT2D eigenvalue weighted by Gasteiger charge is 2.11. The average Bonchev–Trinajstić information content (AvgIpc) is 2.43. The lowest BCUT2D eigenvalue weighted by Gasteiger charge is -2.09. The third-order valence-electron chi connectivity index (χ3n) is 2.90. The van der Waals surface area contributed by atoms with Gasteiger partial charge in [-0.1, -0.05) is 26.0 Å². The normalized spacial score (nSPS) is 11.1. The van der Waals surface area contributed by atoms with Gasteiger partial charge in [0.2, 0.25) is 0 Å².